The van der Waals surface area contributed by atoms with Gasteiger partial charge in [0.15, 0.2) is 0 Å². The van der Waals surface area contributed by atoms with Crippen LogP contribution < -0.4 is 10.1 Å². The summed E-state index contributed by atoms with van der Waals surface area (Å²) in [6.45, 7) is 6.11. The fourth-order valence-corrected chi connectivity index (χ4v) is 2.21. The quantitative estimate of drug-likeness (QED) is 0.681. The molecule has 0 radical (unpaired) electrons. The topological polar surface area (TPSA) is 41.5 Å². The summed E-state index contributed by atoms with van der Waals surface area (Å²) >= 11 is 3.54. The molecule has 3 nitrogen and oxygen atoms in total. The first kappa shape index (κ1) is 16.5. The van der Waals surface area contributed by atoms with Crippen molar-refractivity contribution in [2.24, 2.45) is 0 Å². The van der Waals surface area contributed by atoms with Crippen LogP contribution in [-0.2, 0) is 6.54 Å². The molecule has 0 bridgehead atoms. The van der Waals surface area contributed by atoms with Crippen LogP contribution in [0.4, 0.5) is 0 Å². The Morgan fingerprint density at radius 2 is 2.05 bits per heavy atom. The molecule has 0 saturated heterocycles. The van der Waals surface area contributed by atoms with E-state index in [0.29, 0.717) is 12.6 Å². The molecule has 0 heterocycles. The second-order valence-electron chi connectivity index (χ2n) is 4.93. The Morgan fingerprint density at radius 1 is 1.26 bits per heavy atom. The van der Waals surface area contributed by atoms with E-state index in [-0.39, 0.29) is 6.61 Å². The highest BCUT2D eigenvalue weighted by molar-refractivity contribution is 9.10. The van der Waals surface area contributed by atoms with Crippen molar-refractivity contribution in [3.8, 4) is 5.75 Å². The molecule has 108 valence electrons. The lowest BCUT2D eigenvalue weighted by atomic mass is 10.2. The largest absolute Gasteiger partial charge is 0.492 e. The van der Waals surface area contributed by atoms with Crippen LogP contribution >= 0.6 is 15.9 Å². The Morgan fingerprint density at radius 3 is 2.68 bits per heavy atom. The Bertz CT molecular complexity index is 369. The van der Waals surface area contributed by atoms with Gasteiger partial charge in [-0.05, 0) is 52.9 Å². The molecule has 2 N–H and O–H groups in total. The second kappa shape index (κ2) is 9.34. The summed E-state index contributed by atoms with van der Waals surface area (Å²) in [7, 11) is 0. The van der Waals surface area contributed by atoms with Gasteiger partial charge in [-0.2, -0.15) is 0 Å². The Hall–Kier alpha value is -0.580. The third-order valence-corrected chi connectivity index (χ3v) is 3.39. The van der Waals surface area contributed by atoms with Crippen LogP contribution in [0.15, 0.2) is 22.7 Å². The average Bonchev–Trinajstić information content (AvgIpc) is 2.38. The van der Waals surface area contributed by atoms with Crippen molar-refractivity contribution in [3.63, 3.8) is 0 Å². The van der Waals surface area contributed by atoms with Gasteiger partial charge < -0.3 is 15.2 Å². The van der Waals surface area contributed by atoms with Gasteiger partial charge in [0.05, 0.1) is 11.1 Å². The molecular weight excluding hydrogens is 306 g/mol. The summed E-state index contributed by atoms with van der Waals surface area (Å²) in [6.07, 6.45) is 2.83. The van der Waals surface area contributed by atoms with Crippen molar-refractivity contribution < 1.29 is 9.84 Å². The first-order chi connectivity index (χ1) is 9.13. The molecule has 0 aromatic heterocycles. The van der Waals surface area contributed by atoms with E-state index < -0.39 is 0 Å². The second-order valence-corrected chi connectivity index (χ2v) is 5.79. The summed E-state index contributed by atoms with van der Waals surface area (Å²) in [6, 6.07) is 6.68. The van der Waals surface area contributed by atoms with E-state index in [4.69, 9.17) is 9.84 Å². The van der Waals surface area contributed by atoms with Gasteiger partial charge in [0, 0.05) is 19.2 Å². The highest BCUT2D eigenvalue weighted by Gasteiger charge is 2.03. The molecule has 0 aliphatic rings. The molecule has 4 heteroatoms. The third-order valence-electron chi connectivity index (χ3n) is 2.77. The zero-order chi connectivity index (χ0) is 14.1. The number of unbranched alkanes of at least 4 members (excludes halogenated alkanes) is 2. The van der Waals surface area contributed by atoms with Crippen molar-refractivity contribution in [3.05, 3.63) is 28.2 Å². The number of aliphatic hydroxyl groups excluding tert-OH is 1. The number of halogens is 1. The lowest BCUT2D eigenvalue weighted by Gasteiger charge is -2.11. The molecule has 1 aromatic rings. The molecule has 0 aliphatic carbocycles. The van der Waals surface area contributed by atoms with E-state index in [2.05, 4.69) is 47.2 Å². The molecule has 19 heavy (non-hydrogen) atoms. The van der Waals surface area contributed by atoms with Crippen molar-refractivity contribution in [2.45, 2.75) is 45.7 Å². The van der Waals surface area contributed by atoms with E-state index in [1.165, 1.54) is 5.56 Å². The van der Waals surface area contributed by atoms with Gasteiger partial charge in [-0.15, -0.1) is 0 Å². The van der Waals surface area contributed by atoms with Gasteiger partial charge in [0.2, 0.25) is 0 Å². The van der Waals surface area contributed by atoms with E-state index in [9.17, 15) is 0 Å². The van der Waals surface area contributed by atoms with E-state index in [0.717, 1.165) is 36.0 Å². The van der Waals surface area contributed by atoms with Crippen molar-refractivity contribution in [2.75, 3.05) is 13.2 Å². The Labute approximate surface area is 124 Å². The van der Waals surface area contributed by atoms with Crippen LogP contribution in [0.3, 0.4) is 0 Å². The van der Waals surface area contributed by atoms with Gasteiger partial charge in [-0.25, -0.2) is 0 Å². The first-order valence-corrected chi connectivity index (χ1v) is 7.68. The highest BCUT2D eigenvalue weighted by Crippen LogP contribution is 2.26. The highest BCUT2D eigenvalue weighted by atomic mass is 79.9. The number of hydrogen-bond donors (Lipinski definition) is 2. The summed E-state index contributed by atoms with van der Waals surface area (Å²) in [5, 5.41) is 12.1. The van der Waals surface area contributed by atoms with Gasteiger partial charge in [0.25, 0.3) is 0 Å². The molecule has 0 saturated carbocycles. The molecule has 0 unspecified atom stereocenters. The molecular formula is C15H24BrNO2. The predicted octanol–water partition coefficient (Wildman–Crippen LogP) is 3.49. The van der Waals surface area contributed by atoms with Crippen LogP contribution in [0.25, 0.3) is 0 Å². The smallest absolute Gasteiger partial charge is 0.133 e. The van der Waals surface area contributed by atoms with Crippen LogP contribution in [-0.4, -0.2) is 24.4 Å². The van der Waals surface area contributed by atoms with Crippen LogP contribution in [0.2, 0.25) is 0 Å². The lowest BCUT2D eigenvalue weighted by Crippen LogP contribution is -2.21. The molecule has 1 rings (SSSR count). The molecule has 0 aliphatic heterocycles. The number of aliphatic hydroxyl groups is 1. The van der Waals surface area contributed by atoms with Crippen LogP contribution in [0.1, 0.15) is 38.7 Å². The van der Waals surface area contributed by atoms with Crippen LogP contribution in [0.5, 0.6) is 5.75 Å². The summed E-state index contributed by atoms with van der Waals surface area (Å²) in [5.41, 5.74) is 1.24. The Kier molecular flexibility index (Phi) is 8.10. The molecule has 0 atom stereocenters. The minimum absolute atomic E-state index is 0.265. The monoisotopic (exact) mass is 329 g/mol. The lowest BCUT2D eigenvalue weighted by molar-refractivity contribution is 0.265. The number of benzene rings is 1. The summed E-state index contributed by atoms with van der Waals surface area (Å²) < 4.78 is 6.71. The number of rotatable bonds is 9. The maximum absolute atomic E-state index is 8.69. The standard InChI is InChI=1S/C15H24BrNO2/c1-12(2)17-11-13-6-7-15(14(16)10-13)19-9-5-3-4-8-18/h6-7,10,12,17-18H,3-5,8-9,11H2,1-2H3. The Balaban J connectivity index is 2.39. The van der Waals surface area contributed by atoms with Crippen molar-refractivity contribution in [1.82, 2.24) is 5.32 Å². The van der Waals surface area contributed by atoms with Gasteiger partial charge in [-0.1, -0.05) is 19.9 Å². The summed E-state index contributed by atoms with van der Waals surface area (Å²) in [4.78, 5) is 0. The average molecular weight is 330 g/mol. The molecule has 0 spiro atoms. The maximum Gasteiger partial charge on any atom is 0.133 e. The molecule has 0 fully saturated rings. The normalized spacial score (nSPS) is 11.0. The maximum atomic E-state index is 8.69. The molecule has 0 amide bonds. The number of ether oxygens (including phenoxy) is 1. The SMILES string of the molecule is CC(C)NCc1ccc(OCCCCCO)c(Br)c1. The van der Waals surface area contributed by atoms with E-state index >= 15 is 0 Å². The summed E-state index contributed by atoms with van der Waals surface area (Å²) in [5.74, 6) is 0.886. The third kappa shape index (κ3) is 6.95. The van der Waals surface area contributed by atoms with Crippen LogP contribution in [0, 0.1) is 0 Å². The fraction of sp³-hybridized carbons (Fsp3) is 0.600. The first-order valence-electron chi connectivity index (χ1n) is 6.89. The van der Waals surface area contributed by atoms with E-state index in [1.54, 1.807) is 0 Å². The number of nitrogens with one attached hydrogen (secondary N) is 1. The van der Waals surface area contributed by atoms with Gasteiger partial charge in [0.1, 0.15) is 5.75 Å². The van der Waals surface area contributed by atoms with Crippen molar-refractivity contribution in [1.29, 1.82) is 0 Å². The molecule has 1 aromatic carbocycles. The zero-order valence-corrected chi connectivity index (χ0v) is 13.4. The fourth-order valence-electron chi connectivity index (χ4n) is 1.67. The van der Waals surface area contributed by atoms with Gasteiger partial charge in [-0.3, -0.25) is 0 Å². The minimum Gasteiger partial charge on any atom is -0.492 e. The minimum atomic E-state index is 0.265. The zero-order valence-electron chi connectivity index (χ0n) is 11.8. The van der Waals surface area contributed by atoms with Crippen molar-refractivity contribution >= 4 is 15.9 Å². The van der Waals surface area contributed by atoms with Gasteiger partial charge >= 0.3 is 0 Å². The predicted molar refractivity (Wildman–Crippen MR) is 82.5 cm³/mol. The number of hydrogen-bond acceptors (Lipinski definition) is 3. The van der Waals surface area contributed by atoms with E-state index in [1.807, 2.05) is 6.07 Å².